The van der Waals surface area contributed by atoms with Crippen LogP contribution in [-0.2, 0) is 4.79 Å². The van der Waals surface area contributed by atoms with Gasteiger partial charge >= 0.3 is 0 Å². The molecule has 0 radical (unpaired) electrons. The third-order valence-corrected chi connectivity index (χ3v) is 5.81. The van der Waals surface area contributed by atoms with E-state index in [1.54, 1.807) is 0 Å². The van der Waals surface area contributed by atoms with Gasteiger partial charge in [0.25, 0.3) is 0 Å². The van der Waals surface area contributed by atoms with Crippen LogP contribution in [0.4, 0.5) is 0 Å². The molecule has 1 heterocycles. The minimum atomic E-state index is 0.259. The highest BCUT2D eigenvalue weighted by Crippen LogP contribution is 2.56. The Morgan fingerprint density at radius 3 is 2.64 bits per heavy atom. The number of nitrogens with one attached hydrogen (secondary N) is 2. The highest BCUT2D eigenvalue weighted by atomic mass is 16.2. The van der Waals surface area contributed by atoms with Gasteiger partial charge in [0.05, 0.1) is 0 Å². The summed E-state index contributed by atoms with van der Waals surface area (Å²) in [7, 11) is 1.84. The van der Waals surface area contributed by atoms with Crippen molar-refractivity contribution in [1.29, 1.82) is 0 Å². The minimum Gasteiger partial charge on any atom is -0.356 e. The highest BCUT2D eigenvalue weighted by molar-refractivity contribution is 5.80. The summed E-state index contributed by atoms with van der Waals surface area (Å²) in [4.78, 5) is 18.1. The lowest BCUT2D eigenvalue weighted by atomic mass is 9.65. The molecule has 0 aromatic rings. The van der Waals surface area contributed by atoms with Gasteiger partial charge in [0.1, 0.15) is 0 Å². The molecule has 124 valence electrons. The number of carbonyl (C=O) groups excluding carboxylic acids is 1. The second kappa shape index (κ2) is 6.47. The minimum absolute atomic E-state index is 0.259. The molecule has 3 rings (SSSR count). The topological polar surface area (TPSA) is 56.7 Å². The average molecular weight is 306 g/mol. The van der Waals surface area contributed by atoms with E-state index in [0.29, 0.717) is 17.9 Å². The maximum Gasteiger partial charge on any atom is 0.222 e. The normalized spacial score (nSPS) is 27.5. The number of aliphatic imine (C=N–C) groups is 1. The van der Waals surface area contributed by atoms with Gasteiger partial charge in [-0.2, -0.15) is 0 Å². The van der Waals surface area contributed by atoms with Crippen molar-refractivity contribution < 1.29 is 4.79 Å². The van der Waals surface area contributed by atoms with E-state index in [4.69, 9.17) is 0 Å². The summed E-state index contributed by atoms with van der Waals surface area (Å²) in [6, 6.07) is 0.333. The average Bonchev–Trinajstić information content (AvgIpc) is 3.23. The zero-order chi connectivity index (χ0) is 15.6. The lowest BCUT2D eigenvalue weighted by Gasteiger charge is -2.43. The number of hydrogen-bond acceptors (Lipinski definition) is 2. The van der Waals surface area contributed by atoms with Crippen LogP contribution < -0.4 is 10.6 Å². The van der Waals surface area contributed by atoms with E-state index in [1.165, 1.54) is 32.1 Å². The second-order valence-electron chi connectivity index (χ2n) is 7.24. The number of rotatable bonds is 5. The summed E-state index contributed by atoms with van der Waals surface area (Å²) in [5.41, 5.74) is 0.553. The van der Waals surface area contributed by atoms with Gasteiger partial charge in [0.2, 0.25) is 5.91 Å². The molecule has 5 nitrogen and oxygen atoms in total. The quantitative estimate of drug-likeness (QED) is 0.601. The molecule has 1 atom stereocenters. The molecule has 2 N–H and O–H groups in total. The van der Waals surface area contributed by atoms with Crippen molar-refractivity contribution in [3.05, 3.63) is 0 Å². The summed E-state index contributed by atoms with van der Waals surface area (Å²) in [5, 5.41) is 7.05. The first kappa shape index (κ1) is 15.6. The van der Waals surface area contributed by atoms with Gasteiger partial charge in [0.15, 0.2) is 5.96 Å². The van der Waals surface area contributed by atoms with Gasteiger partial charge < -0.3 is 15.5 Å². The van der Waals surface area contributed by atoms with Crippen molar-refractivity contribution in [3.63, 3.8) is 0 Å². The Kier molecular flexibility index (Phi) is 4.59. The molecule has 0 bridgehead atoms. The summed E-state index contributed by atoms with van der Waals surface area (Å²) in [6.07, 6.45) is 8.60. The number of amides is 1. The first-order valence-electron chi connectivity index (χ1n) is 8.92. The molecule has 22 heavy (non-hydrogen) atoms. The fraction of sp³-hybridized carbons (Fsp3) is 0.882. The van der Waals surface area contributed by atoms with Gasteiger partial charge in [-0.3, -0.25) is 9.79 Å². The predicted molar refractivity (Wildman–Crippen MR) is 88.8 cm³/mol. The van der Waals surface area contributed by atoms with E-state index < -0.39 is 0 Å². The fourth-order valence-corrected chi connectivity index (χ4v) is 4.03. The van der Waals surface area contributed by atoms with Crippen molar-refractivity contribution in [1.82, 2.24) is 15.5 Å². The van der Waals surface area contributed by atoms with E-state index in [9.17, 15) is 4.79 Å². The summed E-state index contributed by atoms with van der Waals surface area (Å²) in [6.45, 7) is 4.66. The molecule has 3 fully saturated rings. The Hall–Kier alpha value is -1.26. The maximum atomic E-state index is 11.8. The van der Waals surface area contributed by atoms with E-state index in [-0.39, 0.29) is 5.91 Å². The fourth-order valence-electron chi connectivity index (χ4n) is 4.03. The molecule has 3 aliphatic rings. The summed E-state index contributed by atoms with van der Waals surface area (Å²) in [5.74, 6) is 2.12. The van der Waals surface area contributed by atoms with Gasteiger partial charge in [0, 0.05) is 39.1 Å². The molecule has 5 heteroatoms. The number of likely N-dealkylation sites (tertiary alicyclic amines) is 1. The highest BCUT2D eigenvalue weighted by Gasteiger charge is 2.48. The summed E-state index contributed by atoms with van der Waals surface area (Å²) < 4.78 is 0. The molecule has 0 aromatic carbocycles. The Morgan fingerprint density at radius 1 is 1.32 bits per heavy atom. The van der Waals surface area contributed by atoms with Crippen LogP contribution in [0.2, 0.25) is 0 Å². The van der Waals surface area contributed by atoms with Crippen molar-refractivity contribution in [2.75, 3.05) is 26.7 Å². The largest absolute Gasteiger partial charge is 0.356 e. The Bertz CT molecular complexity index is 440. The van der Waals surface area contributed by atoms with Crippen molar-refractivity contribution >= 4 is 11.9 Å². The molecular weight excluding hydrogens is 276 g/mol. The second-order valence-corrected chi connectivity index (χ2v) is 7.24. The van der Waals surface area contributed by atoms with Crippen molar-refractivity contribution in [2.45, 2.75) is 57.9 Å². The van der Waals surface area contributed by atoms with Crippen LogP contribution in [0.15, 0.2) is 4.99 Å². The van der Waals surface area contributed by atoms with E-state index in [2.05, 4.69) is 15.6 Å². The zero-order valence-corrected chi connectivity index (χ0v) is 14.0. The van der Waals surface area contributed by atoms with Gasteiger partial charge in [-0.05, 0) is 43.4 Å². The van der Waals surface area contributed by atoms with Crippen LogP contribution in [0.25, 0.3) is 0 Å². The van der Waals surface area contributed by atoms with E-state index in [1.807, 2.05) is 18.9 Å². The molecule has 0 spiro atoms. The molecule has 0 aromatic heterocycles. The van der Waals surface area contributed by atoms with Crippen molar-refractivity contribution in [2.24, 2.45) is 16.3 Å². The Labute approximate surface area is 133 Å². The van der Waals surface area contributed by atoms with Crippen molar-refractivity contribution in [3.8, 4) is 0 Å². The van der Waals surface area contributed by atoms with Crippen LogP contribution in [0.3, 0.4) is 0 Å². The smallest absolute Gasteiger partial charge is 0.222 e. The van der Waals surface area contributed by atoms with Gasteiger partial charge in [-0.15, -0.1) is 0 Å². The van der Waals surface area contributed by atoms with E-state index >= 15 is 0 Å². The van der Waals surface area contributed by atoms with Crippen LogP contribution in [-0.4, -0.2) is 49.5 Å². The Balaban J connectivity index is 1.45. The number of hydrogen-bond donors (Lipinski definition) is 2. The molecule has 1 unspecified atom stereocenters. The lowest BCUT2D eigenvalue weighted by molar-refractivity contribution is -0.129. The van der Waals surface area contributed by atoms with Gasteiger partial charge in [-0.25, -0.2) is 0 Å². The SMILES string of the molecule is CCC(=O)N1CCC(NC(=NC)NCC2(C3CC3)CCC2)C1. The molecule has 2 aliphatic carbocycles. The number of carbonyl (C=O) groups is 1. The third kappa shape index (κ3) is 3.23. The number of nitrogens with zero attached hydrogens (tertiary/aromatic N) is 2. The van der Waals surface area contributed by atoms with Crippen LogP contribution in [0.5, 0.6) is 0 Å². The maximum absolute atomic E-state index is 11.8. The van der Waals surface area contributed by atoms with Crippen LogP contribution >= 0.6 is 0 Å². The molecular formula is C17H30N4O. The molecule has 1 saturated heterocycles. The first-order valence-corrected chi connectivity index (χ1v) is 8.92. The van der Waals surface area contributed by atoms with Gasteiger partial charge in [-0.1, -0.05) is 13.3 Å². The first-order chi connectivity index (χ1) is 10.7. The lowest BCUT2D eigenvalue weighted by Crippen LogP contribution is -2.50. The molecule has 2 saturated carbocycles. The predicted octanol–water partition coefficient (Wildman–Crippen LogP) is 1.74. The summed E-state index contributed by atoms with van der Waals surface area (Å²) >= 11 is 0. The van der Waals surface area contributed by atoms with E-state index in [0.717, 1.165) is 37.9 Å². The standard InChI is InChI=1S/C17H30N4O/c1-3-15(22)21-10-7-14(11-21)20-16(18-2)19-12-17(8-4-9-17)13-5-6-13/h13-14H,3-12H2,1-2H3,(H2,18,19,20). The zero-order valence-electron chi connectivity index (χ0n) is 14.0. The van der Waals surface area contributed by atoms with Crippen LogP contribution in [0, 0.1) is 11.3 Å². The van der Waals surface area contributed by atoms with Crippen LogP contribution in [0.1, 0.15) is 51.9 Å². The third-order valence-electron chi connectivity index (χ3n) is 5.81. The Morgan fingerprint density at radius 2 is 2.09 bits per heavy atom. The number of guanidine groups is 1. The molecule has 1 amide bonds. The molecule has 1 aliphatic heterocycles. The monoisotopic (exact) mass is 306 g/mol.